The molecule has 29 heavy (non-hydrogen) atoms. The Balaban J connectivity index is 1.70. The van der Waals surface area contributed by atoms with Crippen molar-refractivity contribution >= 4 is 11.7 Å². The molecule has 1 aliphatic heterocycles. The molecule has 1 N–H and O–H groups in total. The number of hydrogen-bond acceptors (Lipinski definition) is 1. The zero-order chi connectivity index (χ0) is 20.4. The van der Waals surface area contributed by atoms with Gasteiger partial charge in [0.2, 0.25) is 0 Å². The number of rotatable bonds is 2. The summed E-state index contributed by atoms with van der Waals surface area (Å²) >= 11 is 0. The van der Waals surface area contributed by atoms with Crippen molar-refractivity contribution in [3.8, 4) is 0 Å². The molecule has 0 spiro atoms. The number of nitrogens with one attached hydrogen (secondary N) is 1. The van der Waals surface area contributed by atoms with E-state index in [1.54, 1.807) is 17.0 Å². The maximum Gasteiger partial charge on any atom is 0.416 e. The summed E-state index contributed by atoms with van der Waals surface area (Å²) in [7, 11) is 0. The maximum absolute atomic E-state index is 13.0. The standard InChI is InChI=1S/C23H19F3N2O/c24-23(25,26)18-12-10-17(11-13-18)21-20-9-5-4-6-16(20)14-15-28(21)22(29)27-19-7-2-1-3-8-19/h1-13,21H,14-15H2,(H,27,29). The van der Waals surface area contributed by atoms with E-state index in [4.69, 9.17) is 0 Å². The van der Waals surface area contributed by atoms with Crippen LogP contribution in [0.1, 0.15) is 28.3 Å². The lowest BCUT2D eigenvalue weighted by Crippen LogP contribution is -2.43. The summed E-state index contributed by atoms with van der Waals surface area (Å²) in [4.78, 5) is 14.7. The Hall–Kier alpha value is -3.28. The molecule has 0 saturated carbocycles. The van der Waals surface area contributed by atoms with Crippen molar-refractivity contribution in [1.29, 1.82) is 0 Å². The van der Waals surface area contributed by atoms with Crippen molar-refractivity contribution in [2.45, 2.75) is 18.6 Å². The van der Waals surface area contributed by atoms with Gasteiger partial charge in [-0.05, 0) is 47.4 Å². The molecule has 148 valence electrons. The molecule has 3 aromatic carbocycles. The zero-order valence-electron chi connectivity index (χ0n) is 15.5. The number of carbonyl (C=O) groups is 1. The predicted octanol–water partition coefficient (Wildman–Crippen LogP) is 5.89. The Kier molecular flexibility index (Phi) is 5.01. The van der Waals surface area contributed by atoms with Crippen LogP contribution in [0.2, 0.25) is 0 Å². The van der Waals surface area contributed by atoms with Crippen molar-refractivity contribution in [3.05, 3.63) is 101 Å². The van der Waals surface area contributed by atoms with E-state index in [2.05, 4.69) is 5.32 Å². The van der Waals surface area contributed by atoms with Crippen LogP contribution in [-0.4, -0.2) is 17.5 Å². The lowest BCUT2D eigenvalue weighted by Gasteiger charge is -2.37. The number of nitrogens with zero attached hydrogens (tertiary/aromatic N) is 1. The molecule has 3 aromatic rings. The third-order valence-electron chi connectivity index (χ3n) is 5.12. The molecule has 0 radical (unpaired) electrons. The van der Waals surface area contributed by atoms with Crippen LogP contribution in [0.5, 0.6) is 0 Å². The summed E-state index contributed by atoms with van der Waals surface area (Å²) in [6, 6.07) is 21.2. The fourth-order valence-corrected chi connectivity index (χ4v) is 3.72. The average molecular weight is 396 g/mol. The van der Waals surface area contributed by atoms with Gasteiger partial charge in [0, 0.05) is 12.2 Å². The van der Waals surface area contributed by atoms with E-state index in [1.807, 2.05) is 42.5 Å². The largest absolute Gasteiger partial charge is 0.416 e. The molecule has 1 aliphatic rings. The zero-order valence-corrected chi connectivity index (χ0v) is 15.5. The van der Waals surface area contributed by atoms with Gasteiger partial charge in [0.25, 0.3) is 0 Å². The number of alkyl halides is 3. The lowest BCUT2D eigenvalue weighted by molar-refractivity contribution is -0.137. The highest BCUT2D eigenvalue weighted by molar-refractivity contribution is 5.90. The first kappa shape index (κ1) is 19.1. The minimum atomic E-state index is -4.40. The molecule has 1 atom stereocenters. The van der Waals surface area contributed by atoms with Crippen molar-refractivity contribution < 1.29 is 18.0 Å². The summed E-state index contributed by atoms with van der Waals surface area (Å²) in [6.45, 7) is 0.474. The molecule has 6 heteroatoms. The van der Waals surface area contributed by atoms with Gasteiger partial charge in [0.05, 0.1) is 11.6 Å². The van der Waals surface area contributed by atoms with Crippen molar-refractivity contribution in [2.75, 3.05) is 11.9 Å². The fraction of sp³-hybridized carbons (Fsp3) is 0.174. The van der Waals surface area contributed by atoms with Crippen LogP contribution in [0.25, 0.3) is 0 Å². The minimum Gasteiger partial charge on any atom is -0.313 e. The molecule has 3 nitrogen and oxygen atoms in total. The first-order valence-electron chi connectivity index (χ1n) is 9.31. The highest BCUT2D eigenvalue weighted by Crippen LogP contribution is 2.37. The van der Waals surface area contributed by atoms with E-state index in [0.717, 1.165) is 23.3 Å². The Morgan fingerprint density at radius 1 is 0.897 bits per heavy atom. The van der Waals surface area contributed by atoms with Gasteiger partial charge in [-0.2, -0.15) is 13.2 Å². The van der Waals surface area contributed by atoms with E-state index < -0.39 is 17.8 Å². The third-order valence-corrected chi connectivity index (χ3v) is 5.12. The number of halogens is 3. The van der Waals surface area contributed by atoms with Crippen molar-refractivity contribution in [1.82, 2.24) is 4.90 Å². The molecule has 0 aromatic heterocycles. The Morgan fingerprint density at radius 3 is 2.24 bits per heavy atom. The average Bonchev–Trinajstić information content (AvgIpc) is 2.73. The van der Waals surface area contributed by atoms with Crippen LogP contribution in [0.3, 0.4) is 0 Å². The molecule has 0 saturated heterocycles. The second kappa shape index (κ2) is 7.62. The van der Waals surface area contributed by atoms with Gasteiger partial charge in [0.15, 0.2) is 0 Å². The Morgan fingerprint density at radius 2 is 1.55 bits per heavy atom. The van der Waals surface area contributed by atoms with Gasteiger partial charge in [-0.25, -0.2) is 4.79 Å². The number of fused-ring (bicyclic) bond motifs is 1. The van der Waals surface area contributed by atoms with Crippen molar-refractivity contribution in [3.63, 3.8) is 0 Å². The predicted molar refractivity (Wildman–Crippen MR) is 106 cm³/mol. The van der Waals surface area contributed by atoms with Crippen molar-refractivity contribution in [2.24, 2.45) is 0 Å². The molecule has 2 amide bonds. The number of urea groups is 1. The molecular weight excluding hydrogens is 377 g/mol. The van der Waals surface area contributed by atoms with Crippen LogP contribution in [0.4, 0.5) is 23.7 Å². The highest BCUT2D eigenvalue weighted by Gasteiger charge is 2.34. The Bertz CT molecular complexity index is 1000. The first-order chi connectivity index (χ1) is 13.9. The first-order valence-corrected chi connectivity index (χ1v) is 9.31. The van der Waals surface area contributed by atoms with Gasteiger partial charge in [-0.1, -0.05) is 54.6 Å². The van der Waals surface area contributed by atoms with E-state index in [1.165, 1.54) is 12.1 Å². The third kappa shape index (κ3) is 3.97. The second-order valence-corrected chi connectivity index (χ2v) is 6.96. The normalized spacial score (nSPS) is 16.2. The van der Waals surface area contributed by atoms with Crippen LogP contribution in [0.15, 0.2) is 78.9 Å². The molecular formula is C23H19F3N2O. The minimum absolute atomic E-state index is 0.282. The summed E-state index contributed by atoms with van der Waals surface area (Å²) in [5.41, 5.74) is 2.64. The van der Waals surface area contributed by atoms with E-state index >= 15 is 0 Å². The molecule has 4 rings (SSSR count). The maximum atomic E-state index is 13.0. The summed E-state index contributed by atoms with van der Waals surface area (Å²) in [5, 5.41) is 2.88. The smallest absolute Gasteiger partial charge is 0.313 e. The van der Waals surface area contributed by atoms with Gasteiger partial charge >= 0.3 is 12.2 Å². The van der Waals surface area contributed by atoms with Gasteiger partial charge < -0.3 is 10.2 Å². The number of amides is 2. The number of benzene rings is 3. The van der Waals surface area contributed by atoms with Crippen LogP contribution >= 0.6 is 0 Å². The van der Waals surface area contributed by atoms with Gasteiger partial charge in [0.1, 0.15) is 0 Å². The highest BCUT2D eigenvalue weighted by atomic mass is 19.4. The fourth-order valence-electron chi connectivity index (χ4n) is 3.72. The summed E-state index contributed by atoms with van der Waals surface area (Å²) in [6.07, 6.45) is -3.71. The van der Waals surface area contributed by atoms with Crippen LogP contribution < -0.4 is 5.32 Å². The topological polar surface area (TPSA) is 32.3 Å². The summed E-state index contributed by atoms with van der Waals surface area (Å²) in [5.74, 6) is 0. The number of anilines is 1. The summed E-state index contributed by atoms with van der Waals surface area (Å²) < 4.78 is 38.9. The molecule has 1 unspecified atom stereocenters. The van der Waals surface area contributed by atoms with Gasteiger partial charge in [-0.3, -0.25) is 0 Å². The van der Waals surface area contributed by atoms with Gasteiger partial charge in [-0.15, -0.1) is 0 Å². The van der Waals surface area contributed by atoms with Crippen LogP contribution in [-0.2, 0) is 12.6 Å². The molecule has 0 fully saturated rings. The number of carbonyl (C=O) groups excluding carboxylic acids is 1. The molecule has 1 heterocycles. The number of para-hydroxylation sites is 1. The second-order valence-electron chi connectivity index (χ2n) is 6.96. The lowest BCUT2D eigenvalue weighted by atomic mass is 9.88. The monoisotopic (exact) mass is 396 g/mol. The molecule has 0 bridgehead atoms. The van der Waals surface area contributed by atoms with Crippen LogP contribution in [0, 0.1) is 0 Å². The SMILES string of the molecule is O=C(Nc1ccccc1)N1CCc2ccccc2C1c1ccc(C(F)(F)F)cc1. The quantitative estimate of drug-likeness (QED) is 0.576. The molecule has 0 aliphatic carbocycles. The van der Waals surface area contributed by atoms with E-state index in [0.29, 0.717) is 24.2 Å². The van der Waals surface area contributed by atoms with E-state index in [-0.39, 0.29) is 6.03 Å². The Labute approximate surface area is 166 Å². The van der Waals surface area contributed by atoms with E-state index in [9.17, 15) is 18.0 Å². The number of hydrogen-bond donors (Lipinski definition) is 1.